The van der Waals surface area contributed by atoms with Gasteiger partial charge in [0.25, 0.3) is 0 Å². The van der Waals surface area contributed by atoms with Crippen LogP contribution >= 0.6 is 0 Å². The van der Waals surface area contributed by atoms with Gasteiger partial charge in [0.1, 0.15) is 29.3 Å². The number of phenols is 1. The Morgan fingerprint density at radius 2 is 1.97 bits per heavy atom. The number of methoxy groups -OCH3 is 1. The van der Waals surface area contributed by atoms with E-state index in [1.54, 1.807) is 18.3 Å². The molecule has 3 rings (SSSR count). The zero-order valence-electron chi connectivity index (χ0n) is 17.0. The summed E-state index contributed by atoms with van der Waals surface area (Å²) in [5.41, 5.74) is 13.6. The third-order valence-corrected chi connectivity index (χ3v) is 4.84. The number of aromatic nitrogens is 1. The van der Waals surface area contributed by atoms with Gasteiger partial charge in [-0.1, -0.05) is 20.8 Å². The minimum Gasteiger partial charge on any atom is -0.504 e. The van der Waals surface area contributed by atoms with Crippen molar-refractivity contribution in [3.05, 3.63) is 34.4 Å². The van der Waals surface area contributed by atoms with Crippen LogP contribution in [0.2, 0.25) is 0 Å². The van der Waals surface area contributed by atoms with Crippen LogP contribution in [0.3, 0.4) is 0 Å². The number of guanidine groups is 1. The number of nitrogen functional groups attached to an aromatic ring is 2. The van der Waals surface area contributed by atoms with Gasteiger partial charge in [-0.15, -0.1) is 0 Å². The first kappa shape index (κ1) is 20.6. The van der Waals surface area contributed by atoms with E-state index in [1.165, 1.54) is 7.11 Å². The summed E-state index contributed by atoms with van der Waals surface area (Å²) in [6, 6.07) is 4.64. The summed E-state index contributed by atoms with van der Waals surface area (Å²) >= 11 is 0. The Morgan fingerprint density at radius 1 is 1.27 bits per heavy atom. The lowest BCUT2D eigenvalue weighted by Crippen LogP contribution is -2.33. The Kier molecular flexibility index (Phi) is 5.02. The predicted octanol–water partition coefficient (Wildman–Crippen LogP) is 2.07. The van der Waals surface area contributed by atoms with Crippen molar-refractivity contribution in [3.63, 3.8) is 0 Å². The third-order valence-electron chi connectivity index (χ3n) is 4.84. The molecule has 2 aromatic rings. The molecule has 7 N–H and O–H groups in total. The van der Waals surface area contributed by atoms with Crippen molar-refractivity contribution in [2.45, 2.75) is 32.2 Å². The fraction of sp³-hybridized carbons (Fsp3) is 0.300. The average Bonchev–Trinajstić information content (AvgIpc) is 2.67. The largest absolute Gasteiger partial charge is 0.504 e. The molecule has 0 amide bonds. The highest BCUT2D eigenvalue weighted by Crippen LogP contribution is 2.46. The number of pyridine rings is 1. The molecule has 10 nitrogen and oxygen atoms in total. The molecule has 10 heteroatoms. The molecule has 1 atom stereocenters. The van der Waals surface area contributed by atoms with E-state index in [9.17, 15) is 10.4 Å². The maximum atomic E-state index is 10.9. The molecular weight excluding hydrogens is 384 g/mol. The SMILES string of the molecule is COc1cc(C(C)(C)C)cc(C2N=C(NC#N)Nc3nc(N)c(C#N)c(N)c32)c1O. The Bertz CT molecular complexity index is 1140. The fourth-order valence-corrected chi connectivity index (χ4v) is 3.23. The topological polar surface area (TPSA) is 178 Å². The van der Waals surface area contributed by atoms with Crippen LogP contribution in [0.1, 0.15) is 49.1 Å². The van der Waals surface area contributed by atoms with Gasteiger partial charge >= 0.3 is 0 Å². The highest BCUT2D eigenvalue weighted by Gasteiger charge is 2.33. The summed E-state index contributed by atoms with van der Waals surface area (Å²) in [6.45, 7) is 6.07. The van der Waals surface area contributed by atoms with E-state index in [0.717, 1.165) is 5.56 Å². The highest BCUT2D eigenvalue weighted by molar-refractivity contribution is 5.98. The van der Waals surface area contributed by atoms with Crippen molar-refractivity contribution in [3.8, 4) is 23.8 Å². The number of nitrogens with zero attached hydrogens (tertiary/aromatic N) is 4. The molecular formula is C20H22N8O2. The van der Waals surface area contributed by atoms with Crippen LogP contribution in [0.25, 0.3) is 0 Å². The molecule has 0 aliphatic carbocycles. The molecule has 0 radical (unpaired) electrons. The van der Waals surface area contributed by atoms with Gasteiger partial charge < -0.3 is 26.6 Å². The van der Waals surface area contributed by atoms with Gasteiger partial charge in [-0.05, 0) is 23.1 Å². The van der Waals surface area contributed by atoms with E-state index in [0.29, 0.717) is 11.1 Å². The monoisotopic (exact) mass is 406 g/mol. The molecule has 30 heavy (non-hydrogen) atoms. The van der Waals surface area contributed by atoms with E-state index in [4.69, 9.17) is 21.5 Å². The predicted molar refractivity (Wildman–Crippen MR) is 113 cm³/mol. The lowest BCUT2D eigenvalue weighted by atomic mass is 9.83. The molecule has 1 unspecified atom stereocenters. The number of phenolic OH excluding ortho intramolecular Hbond substituents is 1. The molecule has 0 saturated carbocycles. The van der Waals surface area contributed by atoms with Crippen LogP contribution in [0.5, 0.6) is 11.5 Å². The molecule has 1 aromatic heterocycles. The maximum absolute atomic E-state index is 10.9. The number of nitrogens with one attached hydrogen (secondary N) is 2. The summed E-state index contributed by atoms with van der Waals surface area (Å²) in [4.78, 5) is 8.71. The Hall–Kier alpha value is -4.18. The summed E-state index contributed by atoms with van der Waals surface area (Å²) in [5.74, 6) is 0.429. The second kappa shape index (κ2) is 7.33. The van der Waals surface area contributed by atoms with E-state index in [-0.39, 0.29) is 45.8 Å². The minimum atomic E-state index is -0.867. The lowest BCUT2D eigenvalue weighted by Gasteiger charge is -2.28. The van der Waals surface area contributed by atoms with E-state index < -0.39 is 6.04 Å². The van der Waals surface area contributed by atoms with Crippen LogP contribution in [-0.4, -0.2) is 23.2 Å². The van der Waals surface area contributed by atoms with Crippen LogP contribution < -0.4 is 26.8 Å². The molecule has 1 aromatic carbocycles. The number of ether oxygens (including phenoxy) is 1. The summed E-state index contributed by atoms with van der Waals surface area (Å²) in [7, 11) is 1.46. The van der Waals surface area contributed by atoms with Crippen LogP contribution in [0, 0.1) is 22.8 Å². The van der Waals surface area contributed by atoms with Crippen LogP contribution in [0.15, 0.2) is 17.1 Å². The number of benzene rings is 1. The number of nitriles is 2. The Balaban J connectivity index is 2.36. The zero-order valence-corrected chi connectivity index (χ0v) is 17.0. The highest BCUT2D eigenvalue weighted by atomic mass is 16.5. The number of anilines is 3. The third kappa shape index (κ3) is 3.35. The van der Waals surface area contributed by atoms with Gasteiger partial charge in [-0.25, -0.2) is 9.98 Å². The number of hydrogen-bond acceptors (Lipinski definition) is 10. The van der Waals surface area contributed by atoms with Crippen molar-refractivity contribution >= 4 is 23.3 Å². The Morgan fingerprint density at radius 3 is 2.53 bits per heavy atom. The number of aliphatic imine (C=N–C) groups is 1. The molecule has 0 spiro atoms. The van der Waals surface area contributed by atoms with Crippen molar-refractivity contribution in [1.29, 1.82) is 10.5 Å². The normalized spacial score (nSPS) is 15.1. The first-order valence-electron chi connectivity index (χ1n) is 9.02. The van der Waals surface area contributed by atoms with E-state index >= 15 is 0 Å². The van der Waals surface area contributed by atoms with E-state index in [1.807, 2.05) is 26.8 Å². The number of fused-ring (bicyclic) bond motifs is 1. The minimum absolute atomic E-state index is 0.0193. The summed E-state index contributed by atoms with van der Waals surface area (Å²) in [6.07, 6.45) is 1.79. The average molecular weight is 406 g/mol. The van der Waals surface area contributed by atoms with Crippen molar-refractivity contribution in [1.82, 2.24) is 10.3 Å². The zero-order chi connectivity index (χ0) is 22.2. The van der Waals surface area contributed by atoms with Gasteiger partial charge in [0.05, 0.1) is 12.8 Å². The van der Waals surface area contributed by atoms with Crippen molar-refractivity contribution in [2.24, 2.45) is 4.99 Å². The number of hydrogen-bond donors (Lipinski definition) is 5. The van der Waals surface area contributed by atoms with Crippen LogP contribution in [-0.2, 0) is 5.41 Å². The second-order valence-electron chi connectivity index (χ2n) is 7.77. The molecule has 0 fully saturated rings. The molecule has 1 aliphatic rings. The fourth-order valence-electron chi connectivity index (χ4n) is 3.23. The van der Waals surface area contributed by atoms with Crippen molar-refractivity contribution in [2.75, 3.05) is 23.9 Å². The van der Waals surface area contributed by atoms with Gasteiger partial charge in [0.2, 0.25) is 5.96 Å². The van der Waals surface area contributed by atoms with Gasteiger partial charge in [-0.2, -0.15) is 10.5 Å². The number of aromatic hydroxyl groups is 1. The Labute approximate surface area is 173 Å². The maximum Gasteiger partial charge on any atom is 0.211 e. The van der Waals surface area contributed by atoms with Gasteiger partial charge in [0.15, 0.2) is 17.7 Å². The summed E-state index contributed by atoms with van der Waals surface area (Å²) < 4.78 is 5.37. The smallest absolute Gasteiger partial charge is 0.211 e. The number of rotatable bonds is 2. The lowest BCUT2D eigenvalue weighted by molar-refractivity contribution is 0.367. The molecule has 0 saturated heterocycles. The number of nitrogens with two attached hydrogens (primary N) is 2. The second-order valence-corrected chi connectivity index (χ2v) is 7.77. The van der Waals surface area contributed by atoms with Crippen LogP contribution in [0.4, 0.5) is 17.3 Å². The summed E-state index contributed by atoms with van der Waals surface area (Å²) in [5, 5.41) is 34.7. The molecule has 0 bridgehead atoms. The first-order valence-corrected chi connectivity index (χ1v) is 9.02. The molecule has 2 heterocycles. The quantitative estimate of drug-likeness (QED) is 0.368. The van der Waals surface area contributed by atoms with Crippen molar-refractivity contribution < 1.29 is 9.84 Å². The first-order chi connectivity index (χ1) is 14.1. The standard InChI is InChI=1S/C20H22N8O2/c1-20(2,3)9-5-10(16(29)12(6-9)30-4)15-13-14(23)11(7-21)17(24)27-18(13)28-19(26-15)25-8-22/h5-6,15,29H,1-4H3,(H6,23,24,25,26,27,28). The van der Waals surface area contributed by atoms with Gasteiger partial charge in [0, 0.05) is 11.1 Å². The molecule has 1 aliphatic heterocycles. The van der Waals surface area contributed by atoms with E-state index in [2.05, 4.69) is 20.6 Å². The van der Waals surface area contributed by atoms with Gasteiger partial charge in [-0.3, -0.25) is 5.32 Å². The molecule has 154 valence electrons.